The number of anilines is 1. The summed E-state index contributed by atoms with van der Waals surface area (Å²) in [7, 11) is 1.57. The Kier molecular flexibility index (Phi) is 2.90. The van der Waals surface area contributed by atoms with Crippen molar-refractivity contribution in [2.75, 3.05) is 19.0 Å². The second-order valence-electron chi connectivity index (χ2n) is 5.28. The van der Waals surface area contributed by atoms with Crippen LogP contribution in [0.3, 0.4) is 0 Å². The molecule has 2 N–H and O–H groups in total. The first-order valence-electron chi connectivity index (χ1n) is 6.98. The van der Waals surface area contributed by atoms with Crippen LogP contribution in [0.4, 0.5) is 5.69 Å². The lowest BCUT2D eigenvalue weighted by Gasteiger charge is -2.11. The van der Waals surface area contributed by atoms with E-state index < -0.39 is 0 Å². The summed E-state index contributed by atoms with van der Waals surface area (Å²) >= 11 is 1.47. The minimum Gasteiger partial charge on any atom is -0.480 e. The Bertz CT molecular complexity index is 905. The molecule has 0 saturated heterocycles. The van der Waals surface area contributed by atoms with E-state index in [0.29, 0.717) is 17.3 Å². The number of hydrogen-bond acceptors (Lipinski definition) is 6. The third kappa shape index (κ3) is 1.89. The second-order valence-corrected chi connectivity index (χ2v) is 6.33. The molecule has 0 spiro atoms. The minimum absolute atomic E-state index is 0.0392. The van der Waals surface area contributed by atoms with E-state index in [9.17, 15) is 4.79 Å². The van der Waals surface area contributed by atoms with Crippen LogP contribution in [0.5, 0.6) is 5.88 Å². The standard InChI is InChI=1S/C15H14N4O2S/c1-7-5-17-15(20)14-13(18-7)11-9(22-14)4-3-8-12(11)16-6-10(19-8)21-2/h3-4,6-7,18H,5H2,1-2H3,(H,17,20). The number of fused-ring (bicyclic) bond motifs is 5. The molecule has 1 aliphatic heterocycles. The van der Waals surface area contributed by atoms with Crippen molar-refractivity contribution in [3.63, 3.8) is 0 Å². The normalized spacial score (nSPS) is 17.7. The van der Waals surface area contributed by atoms with Gasteiger partial charge < -0.3 is 15.4 Å². The van der Waals surface area contributed by atoms with Crippen LogP contribution in [-0.4, -0.2) is 35.6 Å². The monoisotopic (exact) mass is 314 g/mol. The summed E-state index contributed by atoms with van der Waals surface area (Å²) < 4.78 is 6.15. The highest BCUT2D eigenvalue weighted by Gasteiger charge is 2.25. The molecule has 2 aromatic heterocycles. The summed E-state index contributed by atoms with van der Waals surface area (Å²) in [5.41, 5.74) is 2.39. The molecule has 6 nitrogen and oxygen atoms in total. The van der Waals surface area contributed by atoms with E-state index in [1.807, 2.05) is 19.1 Å². The van der Waals surface area contributed by atoms with E-state index >= 15 is 0 Å². The largest absolute Gasteiger partial charge is 0.480 e. The van der Waals surface area contributed by atoms with Gasteiger partial charge in [0.1, 0.15) is 4.88 Å². The van der Waals surface area contributed by atoms with Gasteiger partial charge in [0.05, 0.1) is 30.0 Å². The number of methoxy groups -OCH3 is 1. The summed E-state index contributed by atoms with van der Waals surface area (Å²) in [4.78, 5) is 21.9. The molecule has 22 heavy (non-hydrogen) atoms. The summed E-state index contributed by atoms with van der Waals surface area (Å²) in [6.45, 7) is 2.64. The minimum atomic E-state index is -0.0392. The zero-order valence-electron chi connectivity index (χ0n) is 12.1. The van der Waals surface area contributed by atoms with Gasteiger partial charge in [0.25, 0.3) is 5.91 Å². The lowest BCUT2D eigenvalue weighted by Crippen LogP contribution is -2.30. The fourth-order valence-electron chi connectivity index (χ4n) is 2.67. The van der Waals surface area contributed by atoms with Gasteiger partial charge in [-0.25, -0.2) is 9.97 Å². The Morgan fingerprint density at radius 1 is 1.41 bits per heavy atom. The van der Waals surface area contributed by atoms with E-state index in [0.717, 1.165) is 26.8 Å². The van der Waals surface area contributed by atoms with Crippen molar-refractivity contribution in [2.45, 2.75) is 13.0 Å². The van der Waals surface area contributed by atoms with E-state index in [-0.39, 0.29) is 11.9 Å². The van der Waals surface area contributed by atoms with Gasteiger partial charge in [-0.3, -0.25) is 4.79 Å². The van der Waals surface area contributed by atoms with Gasteiger partial charge in [0.15, 0.2) is 0 Å². The fourth-order valence-corrected chi connectivity index (χ4v) is 3.76. The molecule has 7 heteroatoms. The van der Waals surface area contributed by atoms with E-state index in [4.69, 9.17) is 4.74 Å². The molecule has 3 heterocycles. The molecule has 3 aromatic rings. The van der Waals surface area contributed by atoms with Crippen molar-refractivity contribution < 1.29 is 9.53 Å². The molecule has 1 atom stereocenters. The fraction of sp³-hybridized carbons (Fsp3) is 0.267. The van der Waals surface area contributed by atoms with Gasteiger partial charge in [-0.15, -0.1) is 11.3 Å². The van der Waals surface area contributed by atoms with Gasteiger partial charge in [-0.05, 0) is 19.1 Å². The van der Waals surface area contributed by atoms with Crippen LogP contribution in [0.25, 0.3) is 21.1 Å². The van der Waals surface area contributed by atoms with Crippen molar-refractivity contribution in [3.05, 3.63) is 23.2 Å². The Morgan fingerprint density at radius 3 is 3.09 bits per heavy atom. The molecule has 0 aliphatic carbocycles. The first kappa shape index (κ1) is 13.3. The summed E-state index contributed by atoms with van der Waals surface area (Å²) in [6.07, 6.45) is 1.60. The molecule has 112 valence electrons. The van der Waals surface area contributed by atoms with Crippen molar-refractivity contribution >= 4 is 44.1 Å². The Hall–Kier alpha value is -2.41. The van der Waals surface area contributed by atoms with Crippen LogP contribution in [-0.2, 0) is 0 Å². The number of amides is 1. The third-order valence-corrected chi connectivity index (χ3v) is 4.87. The number of aromatic nitrogens is 2. The highest BCUT2D eigenvalue weighted by Crippen LogP contribution is 2.40. The van der Waals surface area contributed by atoms with Crippen LogP contribution in [0.1, 0.15) is 16.6 Å². The number of nitrogens with zero attached hydrogens (tertiary/aromatic N) is 2. The van der Waals surface area contributed by atoms with Crippen molar-refractivity contribution in [1.82, 2.24) is 15.3 Å². The molecule has 1 amide bonds. The number of hydrogen-bond donors (Lipinski definition) is 2. The van der Waals surface area contributed by atoms with Crippen LogP contribution >= 0.6 is 11.3 Å². The van der Waals surface area contributed by atoms with Gasteiger partial charge in [0.2, 0.25) is 5.88 Å². The number of carbonyl (C=O) groups is 1. The quantitative estimate of drug-likeness (QED) is 0.721. The smallest absolute Gasteiger partial charge is 0.263 e. The molecule has 4 rings (SSSR count). The molecular formula is C15H14N4O2S. The van der Waals surface area contributed by atoms with Gasteiger partial charge in [-0.1, -0.05) is 0 Å². The molecule has 0 radical (unpaired) electrons. The zero-order valence-corrected chi connectivity index (χ0v) is 13.0. The molecule has 0 fully saturated rings. The first-order chi connectivity index (χ1) is 10.7. The zero-order chi connectivity index (χ0) is 15.3. The maximum Gasteiger partial charge on any atom is 0.263 e. The van der Waals surface area contributed by atoms with E-state index in [1.54, 1.807) is 13.3 Å². The Balaban J connectivity index is 2.06. The number of rotatable bonds is 1. The highest BCUT2D eigenvalue weighted by molar-refractivity contribution is 7.21. The van der Waals surface area contributed by atoms with Crippen molar-refractivity contribution in [3.8, 4) is 5.88 Å². The van der Waals surface area contributed by atoms with Crippen LogP contribution in [0.15, 0.2) is 18.3 Å². The molecule has 0 saturated carbocycles. The Morgan fingerprint density at radius 2 is 2.27 bits per heavy atom. The van der Waals surface area contributed by atoms with Crippen LogP contribution in [0, 0.1) is 0 Å². The molecule has 1 aliphatic rings. The summed E-state index contributed by atoms with van der Waals surface area (Å²) in [6, 6.07) is 4.04. The Labute approximate surface area is 130 Å². The predicted molar refractivity (Wildman–Crippen MR) is 86.9 cm³/mol. The number of ether oxygens (including phenoxy) is 1. The van der Waals surface area contributed by atoms with Crippen LogP contribution in [0.2, 0.25) is 0 Å². The van der Waals surface area contributed by atoms with Crippen LogP contribution < -0.4 is 15.4 Å². The number of thiophene rings is 1. The maximum atomic E-state index is 12.3. The van der Waals surface area contributed by atoms with Gasteiger partial charge in [-0.2, -0.15) is 0 Å². The molecular weight excluding hydrogens is 300 g/mol. The number of nitrogens with one attached hydrogen (secondary N) is 2. The number of benzene rings is 1. The van der Waals surface area contributed by atoms with E-state index in [1.165, 1.54) is 11.3 Å². The second kappa shape index (κ2) is 4.81. The summed E-state index contributed by atoms with van der Waals surface area (Å²) in [5, 5.41) is 7.31. The predicted octanol–water partition coefficient (Wildman–Crippen LogP) is 2.40. The highest BCUT2D eigenvalue weighted by atomic mass is 32.1. The number of carbonyl (C=O) groups excluding carboxylic acids is 1. The lowest BCUT2D eigenvalue weighted by molar-refractivity contribution is 0.0960. The average molecular weight is 314 g/mol. The van der Waals surface area contributed by atoms with Gasteiger partial charge in [0, 0.05) is 22.7 Å². The van der Waals surface area contributed by atoms with E-state index in [2.05, 4.69) is 20.6 Å². The van der Waals surface area contributed by atoms with Crippen molar-refractivity contribution in [1.29, 1.82) is 0 Å². The average Bonchev–Trinajstić information content (AvgIpc) is 2.84. The first-order valence-corrected chi connectivity index (χ1v) is 7.80. The molecule has 1 unspecified atom stereocenters. The SMILES string of the molecule is COc1cnc2c(ccc3sc4c(c32)NC(C)CNC4=O)n1. The third-order valence-electron chi connectivity index (χ3n) is 3.72. The summed E-state index contributed by atoms with van der Waals surface area (Å²) in [5.74, 6) is 0.440. The topological polar surface area (TPSA) is 76.1 Å². The van der Waals surface area contributed by atoms with Gasteiger partial charge >= 0.3 is 0 Å². The van der Waals surface area contributed by atoms with Crippen molar-refractivity contribution in [2.24, 2.45) is 0 Å². The lowest BCUT2D eigenvalue weighted by atomic mass is 10.1. The molecule has 0 bridgehead atoms. The maximum absolute atomic E-state index is 12.3. The molecule has 1 aromatic carbocycles.